The number of urea groups is 1. The van der Waals surface area contributed by atoms with Crippen LogP contribution < -0.4 is 10.6 Å². The quantitative estimate of drug-likeness (QED) is 0.783. The van der Waals surface area contributed by atoms with Gasteiger partial charge in [0.05, 0.1) is 12.7 Å². The molecular formula is C17H17BrN2O3. The van der Waals surface area contributed by atoms with Crippen LogP contribution in [0.25, 0.3) is 0 Å². The molecular weight excluding hydrogens is 360 g/mol. The highest BCUT2D eigenvalue weighted by Gasteiger charge is 2.06. The zero-order valence-corrected chi connectivity index (χ0v) is 14.2. The van der Waals surface area contributed by atoms with E-state index in [0.717, 1.165) is 16.5 Å². The Hall–Kier alpha value is -2.34. The number of methoxy groups -OCH3 is 1. The number of nitrogens with one attached hydrogen (secondary N) is 2. The lowest BCUT2D eigenvalue weighted by atomic mass is 10.1. The van der Waals surface area contributed by atoms with Gasteiger partial charge in [-0.15, -0.1) is 0 Å². The first-order valence-corrected chi connectivity index (χ1v) is 7.85. The number of carbonyl (C=O) groups is 2. The molecule has 0 saturated heterocycles. The zero-order valence-electron chi connectivity index (χ0n) is 12.6. The molecule has 2 rings (SSSR count). The molecule has 2 aromatic rings. The molecule has 0 spiro atoms. The normalized spacial score (nSPS) is 10.0. The average Bonchev–Trinajstić information content (AvgIpc) is 2.56. The Morgan fingerprint density at radius 3 is 2.30 bits per heavy atom. The molecule has 2 N–H and O–H groups in total. The van der Waals surface area contributed by atoms with E-state index in [1.807, 2.05) is 24.3 Å². The molecule has 0 aliphatic rings. The number of anilines is 1. The molecule has 0 saturated carbocycles. The van der Waals surface area contributed by atoms with Crippen LogP contribution >= 0.6 is 15.9 Å². The van der Waals surface area contributed by atoms with Gasteiger partial charge >= 0.3 is 12.0 Å². The molecule has 23 heavy (non-hydrogen) atoms. The summed E-state index contributed by atoms with van der Waals surface area (Å²) >= 11 is 3.38. The van der Waals surface area contributed by atoms with E-state index < -0.39 is 5.97 Å². The summed E-state index contributed by atoms with van der Waals surface area (Å²) in [5.41, 5.74) is 2.20. The van der Waals surface area contributed by atoms with Gasteiger partial charge in [-0.25, -0.2) is 9.59 Å². The molecule has 6 heteroatoms. The van der Waals surface area contributed by atoms with Crippen molar-refractivity contribution in [1.82, 2.24) is 5.32 Å². The molecule has 0 unspecified atom stereocenters. The van der Waals surface area contributed by atoms with E-state index in [1.54, 1.807) is 24.3 Å². The van der Waals surface area contributed by atoms with Crippen LogP contribution in [0.2, 0.25) is 0 Å². The smallest absolute Gasteiger partial charge is 0.337 e. The minimum atomic E-state index is -0.407. The van der Waals surface area contributed by atoms with Crippen molar-refractivity contribution in [2.75, 3.05) is 19.0 Å². The van der Waals surface area contributed by atoms with Crippen LogP contribution in [0.4, 0.5) is 10.5 Å². The number of carbonyl (C=O) groups excluding carboxylic acids is 2. The Balaban J connectivity index is 1.78. The summed E-state index contributed by atoms with van der Waals surface area (Å²) in [6.07, 6.45) is 0.752. The van der Waals surface area contributed by atoms with Gasteiger partial charge in [-0.1, -0.05) is 28.1 Å². The second kappa shape index (κ2) is 8.33. The third kappa shape index (κ3) is 5.41. The van der Waals surface area contributed by atoms with Gasteiger partial charge in [0.25, 0.3) is 0 Å². The number of esters is 1. The molecule has 0 fully saturated rings. The number of hydrogen-bond donors (Lipinski definition) is 2. The van der Waals surface area contributed by atoms with E-state index in [4.69, 9.17) is 0 Å². The summed E-state index contributed by atoms with van der Waals surface area (Å²) in [7, 11) is 1.33. The Morgan fingerprint density at radius 1 is 1.04 bits per heavy atom. The van der Waals surface area contributed by atoms with Gasteiger partial charge in [0.1, 0.15) is 0 Å². The molecule has 0 atom stereocenters. The fourth-order valence-electron chi connectivity index (χ4n) is 1.95. The third-order valence-corrected chi connectivity index (χ3v) is 3.71. The number of halogens is 1. The van der Waals surface area contributed by atoms with Crippen molar-refractivity contribution in [3.8, 4) is 0 Å². The number of ether oxygens (including phenoxy) is 1. The molecule has 5 nitrogen and oxygen atoms in total. The highest BCUT2D eigenvalue weighted by molar-refractivity contribution is 9.10. The first-order chi connectivity index (χ1) is 11.1. The number of rotatable bonds is 5. The second-order valence-electron chi connectivity index (χ2n) is 4.83. The van der Waals surface area contributed by atoms with E-state index in [-0.39, 0.29) is 6.03 Å². The van der Waals surface area contributed by atoms with Crippen molar-refractivity contribution >= 4 is 33.6 Å². The lowest BCUT2D eigenvalue weighted by Gasteiger charge is -2.08. The van der Waals surface area contributed by atoms with Crippen molar-refractivity contribution in [2.24, 2.45) is 0 Å². The van der Waals surface area contributed by atoms with Gasteiger partial charge < -0.3 is 15.4 Å². The predicted molar refractivity (Wildman–Crippen MR) is 92.6 cm³/mol. The van der Waals surface area contributed by atoms with Crippen LogP contribution in [-0.4, -0.2) is 25.7 Å². The van der Waals surface area contributed by atoms with Gasteiger partial charge in [-0.2, -0.15) is 0 Å². The van der Waals surface area contributed by atoms with Crippen LogP contribution in [0.5, 0.6) is 0 Å². The first kappa shape index (κ1) is 17.0. The molecule has 120 valence electrons. The van der Waals surface area contributed by atoms with Crippen molar-refractivity contribution in [1.29, 1.82) is 0 Å². The Bertz CT molecular complexity index is 669. The predicted octanol–water partition coefficient (Wildman–Crippen LogP) is 3.60. The Kier molecular flexibility index (Phi) is 6.17. The van der Waals surface area contributed by atoms with E-state index in [2.05, 4.69) is 31.3 Å². The topological polar surface area (TPSA) is 67.4 Å². The van der Waals surface area contributed by atoms with Crippen LogP contribution in [0.1, 0.15) is 15.9 Å². The SMILES string of the molecule is COC(=O)c1ccc(NC(=O)NCCc2ccc(Br)cc2)cc1. The standard InChI is InChI=1S/C17H17BrN2O3/c1-23-16(21)13-4-8-15(9-5-13)20-17(22)19-11-10-12-2-6-14(18)7-3-12/h2-9H,10-11H2,1H3,(H2,19,20,22). The second-order valence-corrected chi connectivity index (χ2v) is 5.74. The van der Waals surface area contributed by atoms with Gasteiger partial charge in [0.2, 0.25) is 0 Å². The maximum atomic E-state index is 11.8. The summed E-state index contributed by atoms with van der Waals surface area (Å²) in [6, 6.07) is 14.2. The number of hydrogen-bond acceptors (Lipinski definition) is 3. The van der Waals surface area contributed by atoms with E-state index in [0.29, 0.717) is 17.8 Å². The van der Waals surface area contributed by atoms with Crippen molar-refractivity contribution in [3.05, 3.63) is 64.1 Å². The van der Waals surface area contributed by atoms with Crippen LogP contribution in [0, 0.1) is 0 Å². The molecule has 0 aliphatic heterocycles. The zero-order chi connectivity index (χ0) is 16.7. The van der Waals surface area contributed by atoms with Crippen molar-refractivity contribution < 1.29 is 14.3 Å². The van der Waals surface area contributed by atoms with Crippen LogP contribution in [0.3, 0.4) is 0 Å². The Labute approximate surface area is 143 Å². The molecule has 2 aromatic carbocycles. The van der Waals surface area contributed by atoms with E-state index >= 15 is 0 Å². The fourth-order valence-corrected chi connectivity index (χ4v) is 2.22. The lowest BCUT2D eigenvalue weighted by molar-refractivity contribution is 0.0601. The van der Waals surface area contributed by atoms with E-state index in [9.17, 15) is 9.59 Å². The van der Waals surface area contributed by atoms with Crippen LogP contribution in [0.15, 0.2) is 53.0 Å². The monoisotopic (exact) mass is 376 g/mol. The maximum Gasteiger partial charge on any atom is 0.337 e. The van der Waals surface area contributed by atoms with Gasteiger partial charge in [0.15, 0.2) is 0 Å². The molecule has 0 aliphatic carbocycles. The van der Waals surface area contributed by atoms with Gasteiger partial charge in [-0.05, 0) is 48.4 Å². The number of amides is 2. The highest BCUT2D eigenvalue weighted by atomic mass is 79.9. The Morgan fingerprint density at radius 2 is 1.70 bits per heavy atom. The van der Waals surface area contributed by atoms with Crippen molar-refractivity contribution in [3.63, 3.8) is 0 Å². The fraction of sp³-hybridized carbons (Fsp3) is 0.176. The van der Waals surface area contributed by atoms with Gasteiger partial charge in [0, 0.05) is 16.7 Å². The molecule has 0 heterocycles. The summed E-state index contributed by atoms with van der Waals surface area (Å²) in [4.78, 5) is 23.1. The average molecular weight is 377 g/mol. The summed E-state index contributed by atoms with van der Waals surface area (Å²) in [5, 5.41) is 5.50. The molecule has 0 aromatic heterocycles. The minimum absolute atomic E-state index is 0.284. The van der Waals surface area contributed by atoms with Gasteiger partial charge in [-0.3, -0.25) is 0 Å². The lowest BCUT2D eigenvalue weighted by Crippen LogP contribution is -2.30. The molecule has 0 bridgehead atoms. The molecule has 2 amide bonds. The first-order valence-electron chi connectivity index (χ1n) is 7.06. The largest absolute Gasteiger partial charge is 0.465 e. The maximum absolute atomic E-state index is 11.8. The van der Waals surface area contributed by atoms with Crippen molar-refractivity contribution in [2.45, 2.75) is 6.42 Å². The third-order valence-electron chi connectivity index (χ3n) is 3.18. The minimum Gasteiger partial charge on any atom is -0.465 e. The summed E-state index contributed by atoms with van der Waals surface area (Å²) in [5.74, 6) is -0.407. The molecule has 0 radical (unpaired) electrons. The number of benzene rings is 2. The van der Waals surface area contributed by atoms with E-state index in [1.165, 1.54) is 7.11 Å². The summed E-state index contributed by atoms with van der Waals surface area (Å²) in [6.45, 7) is 0.535. The summed E-state index contributed by atoms with van der Waals surface area (Å²) < 4.78 is 5.65. The van der Waals surface area contributed by atoms with Crippen LogP contribution in [-0.2, 0) is 11.2 Å². The highest BCUT2D eigenvalue weighted by Crippen LogP contribution is 2.11.